The number of anilines is 1. The first-order valence-electron chi connectivity index (χ1n) is 8.46. The van der Waals surface area contributed by atoms with Crippen LogP contribution in [-0.4, -0.2) is 49.1 Å². The molecule has 5 nitrogen and oxygen atoms in total. The van der Waals surface area contributed by atoms with Crippen LogP contribution < -0.4 is 10.2 Å². The van der Waals surface area contributed by atoms with Crippen molar-refractivity contribution in [2.45, 2.75) is 20.4 Å². The highest BCUT2D eigenvalue weighted by Gasteiger charge is 2.20. The van der Waals surface area contributed by atoms with Gasteiger partial charge in [0, 0.05) is 48.8 Å². The van der Waals surface area contributed by atoms with E-state index in [4.69, 9.17) is 11.6 Å². The zero-order chi connectivity index (χ0) is 17.8. The summed E-state index contributed by atoms with van der Waals surface area (Å²) in [6.07, 6.45) is 0. The van der Waals surface area contributed by atoms with Crippen LogP contribution in [0.4, 0.5) is 5.69 Å². The topological polar surface area (TPSA) is 43.8 Å². The molecule has 7 heteroatoms. The smallest absolute Gasteiger partial charge is 0.194 e. The highest BCUT2D eigenvalue weighted by molar-refractivity contribution is 7.11. The number of aryl methyl sites for hydroxylation is 2. The number of aliphatic imine (C=N–C) groups is 1. The molecule has 0 radical (unpaired) electrons. The molecule has 3 rings (SSSR count). The summed E-state index contributed by atoms with van der Waals surface area (Å²) >= 11 is 7.85. The van der Waals surface area contributed by atoms with Crippen molar-refractivity contribution in [3.63, 3.8) is 0 Å². The second-order valence-electron chi connectivity index (χ2n) is 6.10. The van der Waals surface area contributed by atoms with Crippen LogP contribution in [0.1, 0.15) is 15.6 Å². The third kappa shape index (κ3) is 4.44. The summed E-state index contributed by atoms with van der Waals surface area (Å²) in [5, 5.41) is 5.33. The summed E-state index contributed by atoms with van der Waals surface area (Å²) in [6.45, 7) is 8.66. The van der Waals surface area contributed by atoms with Crippen LogP contribution in [-0.2, 0) is 6.54 Å². The molecular formula is C18H24ClN5S. The van der Waals surface area contributed by atoms with Crippen molar-refractivity contribution in [3.8, 4) is 0 Å². The number of aromatic nitrogens is 1. The normalized spacial score (nSPS) is 15.6. The van der Waals surface area contributed by atoms with E-state index in [1.165, 1.54) is 10.6 Å². The molecule has 2 aromatic rings. The number of benzene rings is 1. The van der Waals surface area contributed by atoms with Gasteiger partial charge in [0.05, 0.1) is 12.2 Å². The van der Waals surface area contributed by atoms with Gasteiger partial charge in [0.15, 0.2) is 5.96 Å². The Morgan fingerprint density at radius 1 is 1.28 bits per heavy atom. The van der Waals surface area contributed by atoms with Crippen molar-refractivity contribution in [2.24, 2.45) is 4.99 Å². The van der Waals surface area contributed by atoms with Gasteiger partial charge in [-0.15, -0.1) is 11.3 Å². The number of thiazole rings is 1. The van der Waals surface area contributed by atoms with Crippen molar-refractivity contribution in [2.75, 3.05) is 38.1 Å². The SMILES string of the molecule is CN=C(NCc1nc(C)c(C)s1)N1CCN(c2cccc(Cl)c2)CC1. The number of rotatable bonds is 3. The first-order chi connectivity index (χ1) is 12.1. The number of nitrogens with one attached hydrogen (secondary N) is 1. The van der Waals surface area contributed by atoms with Crippen molar-refractivity contribution in [1.82, 2.24) is 15.2 Å². The average Bonchev–Trinajstić information content (AvgIpc) is 2.94. The summed E-state index contributed by atoms with van der Waals surface area (Å²) in [6, 6.07) is 8.05. The first kappa shape index (κ1) is 18.0. The van der Waals surface area contributed by atoms with E-state index in [1.807, 2.05) is 25.2 Å². The molecule has 1 saturated heterocycles. The molecule has 25 heavy (non-hydrogen) atoms. The molecule has 0 bridgehead atoms. The predicted octanol–water partition coefficient (Wildman–Crippen LogP) is 3.31. The molecule has 0 aliphatic carbocycles. The third-order valence-corrected chi connectivity index (χ3v) is 5.74. The van der Waals surface area contributed by atoms with E-state index >= 15 is 0 Å². The van der Waals surface area contributed by atoms with Gasteiger partial charge in [-0.1, -0.05) is 17.7 Å². The van der Waals surface area contributed by atoms with E-state index in [2.05, 4.69) is 45.0 Å². The number of halogens is 1. The Morgan fingerprint density at radius 3 is 2.64 bits per heavy atom. The molecule has 0 saturated carbocycles. The molecule has 1 N–H and O–H groups in total. The van der Waals surface area contributed by atoms with Gasteiger partial charge >= 0.3 is 0 Å². The number of piperazine rings is 1. The molecule has 1 fully saturated rings. The summed E-state index contributed by atoms with van der Waals surface area (Å²) in [7, 11) is 1.84. The summed E-state index contributed by atoms with van der Waals surface area (Å²) in [5.41, 5.74) is 2.30. The molecule has 1 aliphatic heterocycles. The lowest BCUT2D eigenvalue weighted by molar-refractivity contribution is 0.372. The summed E-state index contributed by atoms with van der Waals surface area (Å²) in [5.74, 6) is 0.941. The minimum Gasteiger partial charge on any atom is -0.368 e. The lowest BCUT2D eigenvalue weighted by Gasteiger charge is -2.37. The first-order valence-corrected chi connectivity index (χ1v) is 9.65. The lowest BCUT2D eigenvalue weighted by Crippen LogP contribution is -2.52. The van der Waals surface area contributed by atoms with E-state index in [-0.39, 0.29) is 0 Å². The van der Waals surface area contributed by atoms with Crippen molar-refractivity contribution in [3.05, 3.63) is 44.9 Å². The van der Waals surface area contributed by atoms with Crippen LogP contribution in [0.15, 0.2) is 29.3 Å². The molecule has 1 aromatic carbocycles. The number of hydrogen-bond acceptors (Lipinski definition) is 4. The minimum absolute atomic E-state index is 0.723. The van der Waals surface area contributed by atoms with Gasteiger partial charge in [-0.2, -0.15) is 0 Å². The number of guanidine groups is 1. The van der Waals surface area contributed by atoms with Crippen LogP contribution in [0, 0.1) is 13.8 Å². The van der Waals surface area contributed by atoms with Gasteiger partial charge < -0.3 is 15.1 Å². The van der Waals surface area contributed by atoms with Crippen LogP contribution >= 0.6 is 22.9 Å². The second kappa shape index (κ2) is 8.06. The fourth-order valence-corrected chi connectivity index (χ4v) is 4.01. The van der Waals surface area contributed by atoms with Gasteiger partial charge in [0.25, 0.3) is 0 Å². The van der Waals surface area contributed by atoms with E-state index < -0.39 is 0 Å². The molecule has 2 heterocycles. The third-order valence-electron chi connectivity index (χ3n) is 4.43. The second-order valence-corrected chi connectivity index (χ2v) is 7.83. The van der Waals surface area contributed by atoms with E-state index in [0.717, 1.165) is 54.4 Å². The Kier molecular flexibility index (Phi) is 5.81. The maximum absolute atomic E-state index is 6.11. The average molecular weight is 378 g/mol. The van der Waals surface area contributed by atoms with Crippen molar-refractivity contribution < 1.29 is 0 Å². The van der Waals surface area contributed by atoms with E-state index in [9.17, 15) is 0 Å². The van der Waals surface area contributed by atoms with Gasteiger partial charge in [0.2, 0.25) is 0 Å². The standard InChI is InChI=1S/C18H24ClN5S/c1-13-14(2)25-17(22-13)12-21-18(20-3)24-9-7-23(8-10-24)16-6-4-5-15(19)11-16/h4-6,11H,7-10,12H2,1-3H3,(H,20,21). The Labute approximate surface area is 158 Å². The Morgan fingerprint density at radius 2 is 2.04 bits per heavy atom. The molecule has 0 unspecified atom stereocenters. The molecule has 0 atom stereocenters. The highest BCUT2D eigenvalue weighted by Crippen LogP contribution is 2.21. The van der Waals surface area contributed by atoms with Gasteiger partial charge in [-0.3, -0.25) is 4.99 Å². The molecule has 1 aromatic heterocycles. The molecule has 0 amide bonds. The predicted molar refractivity (Wildman–Crippen MR) is 107 cm³/mol. The van der Waals surface area contributed by atoms with Crippen molar-refractivity contribution in [1.29, 1.82) is 0 Å². The quantitative estimate of drug-likeness (QED) is 0.658. The Bertz CT molecular complexity index is 730. The van der Waals surface area contributed by atoms with Gasteiger partial charge in [0.1, 0.15) is 5.01 Å². The maximum Gasteiger partial charge on any atom is 0.194 e. The van der Waals surface area contributed by atoms with Crippen LogP contribution in [0.3, 0.4) is 0 Å². The van der Waals surface area contributed by atoms with Crippen LogP contribution in [0.2, 0.25) is 5.02 Å². The minimum atomic E-state index is 0.723. The largest absolute Gasteiger partial charge is 0.368 e. The zero-order valence-electron chi connectivity index (χ0n) is 14.9. The molecule has 0 spiro atoms. The zero-order valence-corrected chi connectivity index (χ0v) is 16.5. The number of hydrogen-bond donors (Lipinski definition) is 1. The maximum atomic E-state index is 6.11. The Balaban J connectivity index is 1.55. The Hall–Kier alpha value is -1.79. The van der Waals surface area contributed by atoms with E-state index in [0.29, 0.717) is 0 Å². The summed E-state index contributed by atoms with van der Waals surface area (Å²) < 4.78 is 0. The number of nitrogens with zero attached hydrogens (tertiary/aromatic N) is 4. The highest BCUT2D eigenvalue weighted by atomic mass is 35.5. The lowest BCUT2D eigenvalue weighted by atomic mass is 10.2. The molecule has 1 aliphatic rings. The fraction of sp³-hybridized carbons (Fsp3) is 0.444. The fourth-order valence-electron chi connectivity index (χ4n) is 2.95. The van der Waals surface area contributed by atoms with Crippen LogP contribution in [0.5, 0.6) is 0 Å². The van der Waals surface area contributed by atoms with Gasteiger partial charge in [-0.05, 0) is 32.0 Å². The monoisotopic (exact) mass is 377 g/mol. The molecular weight excluding hydrogens is 354 g/mol. The van der Waals surface area contributed by atoms with Crippen LogP contribution in [0.25, 0.3) is 0 Å². The van der Waals surface area contributed by atoms with Gasteiger partial charge in [-0.25, -0.2) is 4.98 Å². The molecule has 134 valence electrons. The summed E-state index contributed by atoms with van der Waals surface area (Å²) in [4.78, 5) is 15.0. The van der Waals surface area contributed by atoms with E-state index in [1.54, 1.807) is 11.3 Å². The van der Waals surface area contributed by atoms with Crippen molar-refractivity contribution >= 4 is 34.6 Å².